The molecular weight excluding hydrogens is 212 g/mol. The van der Waals surface area contributed by atoms with Crippen molar-refractivity contribution in [2.45, 2.75) is 53.1 Å². The van der Waals surface area contributed by atoms with Gasteiger partial charge in [0.05, 0.1) is 13.2 Å². The normalized spacial score (nSPS) is 24.9. The molecule has 0 aliphatic carbocycles. The minimum Gasteiger partial charge on any atom is -0.378 e. The third kappa shape index (κ3) is 4.57. The molecule has 0 aromatic heterocycles. The van der Waals surface area contributed by atoms with Crippen LogP contribution in [-0.4, -0.2) is 49.8 Å². The molecule has 0 saturated carbocycles. The van der Waals surface area contributed by atoms with Crippen LogP contribution < -0.4 is 5.32 Å². The van der Waals surface area contributed by atoms with Gasteiger partial charge >= 0.3 is 0 Å². The second kappa shape index (κ2) is 6.72. The predicted octanol–water partition coefficient (Wildman–Crippen LogP) is 2.12. The van der Waals surface area contributed by atoms with Crippen LogP contribution in [0, 0.1) is 5.41 Å². The molecule has 1 heterocycles. The standard InChI is InChI=1S/C14H30N2O/c1-6-12-11-17-9-8-16(12)10-13(15-7-2)14(3,4)5/h12-13,15H,6-11H2,1-5H3. The SMILES string of the molecule is CCNC(CN1CCOCC1CC)C(C)(C)C. The molecule has 0 spiro atoms. The van der Waals surface area contributed by atoms with Gasteiger partial charge in [-0.05, 0) is 18.4 Å². The molecule has 0 aromatic carbocycles. The molecule has 3 nitrogen and oxygen atoms in total. The second-order valence-corrected chi connectivity index (χ2v) is 6.11. The molecule has 1 rings (SSSR count). The molecule has 0 aromatic rings. The van der Waals surface area contributed by atoms with Crippen molar-refractivity contribution >= 4 is 0 Å². The van der Waals surface area contributed by atoms with Gasteiger partial charge in [0.15, 0.2) is 0 Å². The van der Waals surface area contributed by atoms with E-state index in [2.05, 4.69) is 44.8 Å². The molecule has 17 heavy (non-hydrogen) atoms. The number of hydrogen-bond acceptors (Lipinski definition) is 3. The molecule has 0 radical (unpaired) electrons. The maximum Gasteiger partial charge on any atom is 0.0622 e. The number of ether oxygens (including phenoxy) is 1. The highest BCUT2D eigenvalue weighted by atomic mass is 16.5. The van der Waals surface area contributed by atoms with E-state index in [-0.39, 0.29) is 0 Å². The van der Waals surface area contributed by atoms with Crippen LogP contribution in [0.5, 0.6) is 0 Å². The smallest absolute Gasteiger partial charge is 0.0622 e. The lowest BCUT2D eigenvalue weighted by atomic mass is 9.86. The number of nitrogens with zero attached hydrogens (tertiary/aromatic N) is 1. The summed E-state index contributed by atoms with van der Waals surface area (Å²) in [4.78, 5) is 2.60. The fourth-order valence-corrected chi connectivity index (χ4v) is 2.43. The van der Waals surface area contributed by atoms with Crippen molar-refractivity contribution in [3.8, 4) is 0 Å². The minimum absolute atomic E-state index is 0.312. The number of likely N-dealkylation sites (N-methyl/N-ethyl adjacent to an activating group) is 1. The molecule has 0 bridgehead atoms. The zero-order valence-corrected chi connectivity index (χ0v) is 12.3. The van der Waals surface area contributed by atoms with E-state index in [1.165, 1.54) is 6.42 Å². The highest BCUT2D eigenvalue weighted by molar-refractivity contribution is 4.86. The zero-order valence-electron chi connectivity index (χ0n) is 12.3. The third-order valence-electron chi connectivity index (χ3n) is 3.73. The Bertz CT molecular complexity index is 213. The van der Waals surface area contributed by atoms with Crippen LogP contribution in [0.25, 0.3) is 0 Å². The Morgan fingerprint density at radius 1 is 1.35 bits per heavy atom. The quantitative estimate of drug-likeness (QED) is 0.799. The summed E-state index contributed by atoms with van der Waals surface area (Å²) in [5, 5.41) is 3.63. The van der Waals surface area contributed by atoms with Crippen LogP contribution >= 0.6 is 0 Å². The van der Waals surface area contributed by atoms with Crippen molar-refractivity contribution in [3.63, 3.8) is 0 Å². The Morgan fingerprint density at radius 2 is 2.06 bits per heavy atom. The topological polar surface area (TPSA) is 24.5 Å². The zero-order chi connectivity index (χ0) is 12.9. The first-order valence-electron chi connectivity index (χ1n) is 7.04. The van der Waals surface area contributed by atoms with E-state index in [0.29, 0.717) is 17.5 Å². The first-order valence-corrected chi connectivity index (χ1v) is 7.04. The Labute approximate surface area is 107 Å². The van der Waals surface area contributed by atoms with E-state index in [1.807, 2.05) is 0 Å². The van der Waals surface area contributed by atoms with Crippen molar-refractivity contribution in [2.75, 3.05) is 32.8 Å². The molecule has 1 aliphatic heterocycles. The molecule has 1 saturated heterocycles. The molecule has 1 aliphatic rings. The molecular formula is C14H30N2O. The summed E-state index contributed by atoms with van der Waals surface area (Å²) in [5.41, 5.74) is 0.312. The second-order valence-electron chi connectivity index (χ2n) is 6.11. The highest BCUT2D eigenvalue weighted by Crippen LogP contribution is 2.22. The third-order valence-corrected chi connectivity index (χ3v) is 3.73. The van der Waals surface area contributed by atoms with Gasteiger partial charge in [0, 0.05) is 25.2 Å². The minimum atomic E-state index is 0.312. The first kappa shape index (κ1) is 14.9. The van der Waals surface area contributed by atoms with E-state index in [0.717, 1.165) is 32.8 Å². The van der Waals surface area contributed by atoms with E-state index >= 15 is 0 Å². The van der Waals surface area contributed by atoms with E-state index in [1.54, 1.807) is 0 Å². The van der Waals surface area contributed by atoms with Gasteiger partial charge in [-0.3, -0.25) is 4.90 Å². The van der Waals surface area contributed by atoms with Gasteiger partial charge in [-0.1, -0.05) is 34.6 Å². The van der Waals surface area contributed by atoms with Crippen LogP contribution in [0.2, 0.25) is 0 Å². The van der Waals surface area contributed by atoms with Gasteiger partial charge in [0.25, 0.3) is 0 Å². The van der Waals surface area contributed by atoms with Crippen molar-refractivity contribution in [1.29, 1.82) is 0 Å². The predicted molar refractivity (Wildman–Crippen MR) is 73.4 cm³/mol. The van der Waals surface area contributed by atoms with Crippen molar-refractivity contribution in [2.24, 2.45) is 5.41 Å². The van der Waals surface area contributed by atoms with Gasteiger partial charge in [-0.25, -0.2) is 0 Å². The average molecular weight is 242 g/mol. The lowest BCUT2D eigenvalue weighted by Gasteiger charge is -2.41. The average Bonchev–Trinajstić information content (AvgIpc) is 2.28. The van der Waals surface area contributed by atoms with Crippen LogP contribution in [-0.2, 0) is 4.74 Å². The Hall–Kier alpha value is -0.120. The van der Waals surface area contributed by atoms with Crippen molar-refractivity contribution in [1.82, 2.24) is 10.2 Å². The first-order chi connectivity index (χ1) is 7.99. The van der Waals surface area contributed by atoms with Crippen molar-refractivity contribution in [3.05, 3.63) is 0 Å². The molecule has 2 atom stereocenters. The molecule has 0 amide bonds. The summed E-state index contributed by atoms with van der Waals surface area (Å²) in [7, 11) is 0. The van der Waals surface area contributed by atoms with Gasteiger partial charge in [-0.15, -0.1) is 0 Å². The van der Waals surface area contributed by atoms with Gasteiger partial charge in [0.2, 0.25) is 0 Å². The lowest BCUT2D eigenvalue weighted by molar-refractivity contribution is -0.0183. The Kier molecular flexibility index (Phi) is 5.90. The fourth-order valence-electron chi connectivity index (χ4n) is 2.43. The van der Waals surface area contributed by atoms with Crippen LogP contribution in [0.1, 0.15) is 41.0 Å². The van der Waals surface area contributed by atoms with Gasteiger partial charge in [-0.2, -0.15) is 0 Å². The van der Waals surface area contributed by atoms with Crippen LogP contribution in [0.3, 0.4) is 0 Å². The molecule has 1 N–H and O–H groups in total. The summed E-state index contributed by atoms with van der Waals surface area (Å²) in [6, 6.07) is 1.16. The summed E-state index contributed by atoms with van der Waals surface area (Å²) < 4.78 is 5.57. The largest absolute Gasteiger partial charge is 0.378 e. The summed E-state index contributed by atoms with van der Waals surface area (Å²) in [6.07, 6.45) is 1.18. The van der Waals surface area contributed by atoms with Crippen LogP contribution in [0.4, 0.5) is 0 Å². The molecule has 102 valence electrons. The number of morpholine rings is 1. The maximum absolute atomic E-state index is 5.57. The summed E-state index contributed by atoms with van der Waals surface area (Å²) in [5.74, 6) is 0. The summed E-state index contributed by atoms with van der Waals surface area (Å²) in [6.45, 7) is 16.5. The highest BCUT2D eigenvalue weighted by Gasteiger charge is 2.29. The van der Waals surface area contributed by atoms with Crippen molar-refractivity contribution < 1.29 is 4.74 Å². The van der Waals surface area contributed by atoms with Gasteiger partial charge in [0.1, 0.15) is 0 Å². The molecule has 2 unspecified atom stereocenters. The lowest BCUT2D eigenvalue weighted by Crippen LogP contribution is -2.54. The molecule has 1 fully saturated rings. The van der Waals surface area contributed by atoms with Gasteiger partial charge < -0.3 is 10.1 Å². The van der Waals surface area contributed by atoms with E-state index < -0.39 is 0 Å². The number of hydrogen-bond donors (Lipinski definition) is 1. The van der Waals surface area contributed by atoms with E-state index in [9.17, 15) is 0 Å². The summed E-state index contributed by atoms with van der Waals surface area (Å²) >= 11 is 0. The Balaban J connectivity index is 2.58. The number of nitrogens with one attached hydrogen (secondary N) is 1. The monoisotopic (exact) mass is 242 g/mol. The molecule has 3 heteroatoms. The maximum atomic E-state index is 5.57. The number of rotatable bonds is 5. The van der Waals surface area contributed by atoms with E-state index in [4.69, 9.17) is 4.74 Å². The van der Waals surface area contributed by atoms with Crippen LogP contribution in [0.15, 0.2) is 0 Å². The Morgan fingerprint density at radius 3 is 2.59 bits per heavy atom. The fraction of sp³-hybridized carbons (Fsp3) is 1.00.